The van der Waals surface area contributed by atoms with Crippen LogP contribution in [-0.2, 0) is 0 Å². The summed E-state index contributed by atoms with van der Waals surface area (Å²) in [6, 6.07) is 15.6. The molecule has 0 saturated heterocycles. The number of hydrogen-bond acceptors (Lipinski definition) is 1. The van der Waals surface area contributed by atoms with Gasteiger partial charge >= 0.3 is 0 Å². The van der Waals surface area contributed by atoms with Gasteiger partial charge in [-0.1, -0.05) is 49.7 Å². The summed E-state index contributed by atoms with van der Waals surface area (Å²) in [5.41, 5.74) is 2.05. The molecular weight excluding hydrogens is 352 g/mol. The molecule has 1 fully saturated rings. The molecule has 3 heteroatoms. The zero-order valence-corrected chi connectivity index (χ0v) is 16.0. The SMILES string of the molecule is CCC1CCC(c2ccc3c(F)c(-c4ccc(C#N)c(F)c4)ccc3c2)CC1. The van der Waals surface area contributed by atoms with Gasteiger partial charge in [-0.05, 0) is 66.2 Å². The molecule has 0 atom stereocenters. The van der Waals surface area contributed by atoms with Crippen LogP contribution in [0.4, 0.5) is 8.78 Å². The predicted octanol–water partition coefficient (Wildman–Crippen LogP) is 7.34. The zero-order valence-electron chi connectivity index (χ0n) is 16.0. The Balaban J connectivity index is 1.67. The summed E-state index contributed by atoms with van der Waals surface area (Å²) >= 11 is 0. The van der Waals surface area contributed by atoms with Crippen LogP contribution in [0.25, 0.3) is 21.9 Å². The van der Waals surface area contributed by atoms with Crippen molar-refractivity contribution >= 4 is 10.8 Å². The van der Waals surface area contributed by atoms with E-state index in [2.05, 4.69) is 13.0 Å². The molecule has 0 amide bonds. The van der Waals surface area contributed by atoms with E-state index in [4.69, 9.17) is 5.26 Å². The van der Waals surface area contributed by atoms with Crippen molar-refractivity contribution in [1.29, 1.82) is 5.26 Å². The van der Waals surface area contributed by atoms with Crippen molar-refractivity contribution in [3.05, 3.63) is 71.3 Å². The molecule has 1 saturated carbocycles. The number of benzene rings is 3. The molecule has 3 aromatic rings. The minimum absolute atomic E-state index is 0.0348. The summed E-state index contributed by atoms with van der Waals surface area (Å²) in [4.78, 5) is 0. The highest BCUT2D eigenvalue weighted by atomic mass is 19.1. The fourth-order valence-corrected chi connectivity index (χ4v) is 4.46. The Labute approximate surface area is 164 Å². The number of nitriles is 1. The minimum Gasteiger partial charge on any atom is -0.206 e. The summed E-state index contributed by atoms with van der Waals surface area (Å²) < 4.78 is 29.1. The Morgan fingerprint density at radius 1 is 0.964 bits per heavy atom. The second-order valence-electron chi connectivity index (χ2n) is 7.84. The lowest BCUT2D eigenvalue weighted by Gasteiger charge is -2.28. The van der Waals surface area contributed by atoms with Crippen molar-refractivity contribution < 1.29 is 8.78 Å². The molecule has 0 bridgehead atoms. The number of rotatable bonds is 3. The van der Waals surface area contributed by atoms with Gasteiger partial charge in [0.15, 0.2) is 0 Å². The van der Waals surface area contributed by atoms with E-state index >= 15 is 4.39 Å². The third-order valence-electron chi connectivity index (χ3n) is 6.27. The maximum atomic E-state index is 15.2. The van der Waals surface area contributed by atoms with Gasteiger partial charge in [-0.25, -0.2) is 8.78 Å². The summed E-state index contributed by atoms with van der Waals surface area (Å²) in [5, 5.41) is 10.3. The molecule has 28 heavy (non-hydrogen) atoms. The fraction of sp³-hybridized carbons (Fsp3) is 0.320. The van der Waals surface area contributed by atoms with E-state index in [0.717, 1.165) is 11.3 Å². The third-order valence-corrected chi connectivity index (χ3v) is 6.27. The van der Waals surface area contributed by atoms with Crippen LogP contribution in [0, 0.1) is 28.9 Å². The largest absolute Gasteiger partial charge is 0.206 e. The van der Waals surface area contributed by atoms with E-state index in [0.29, 0.717) is 22.4 Å². The van der Waals surface area contributed by atoms with Crippen molar-refractivity contribution in [2.75, 3.05) is 0 Å². The number of nitrogens with zero attached hydrogens (tertiary/aromatic N) is 1. The number of fused-ring (bicyclic) bond motifs is 1. The molecule has 0 radical (unpaired) electrons. The first-order valence-electron chi connectivity index (χ1n) is 10.0. The first-order chi connectivity index (χ1) is 13.6. The molecule has 0 N–H and O–H groups in total. The van der Waals surface area contributed by atoms with Crippen molar-refractivity contribution in [3.63, 3.8) is 0 Å². The van der Waals surface area contributed by atoms with Crippen LogP contribution in [-0.4, -0.2) is 0 Å². The van der Waals surface area contributed by atoms with Crippen molar-refractivity contribution in [1.82, 2.24) is 0 Å². The second-order valence-corrected chi connectivity index (χ2v) is 7.84. The van der Waals surface area contributed by atoms with Gasteiger partial charge < -0.3 is 0 Å². The molecule has 0 aliphatic heterocycles. The molecular formula is C25H23F2N. The molecule has 1 aliphatic rings. The first-order valence-corrected chi connectivity index (χ1v) is 10.0. The zero-order chi connectivity index (χ0) is 19.7. The van der Waals surface area contributed by atoms with Crippen molar-refractivity contribution in [3.8, 4) is 17.2 Å². The number of hydrogen-bond donors (Lipinski definition) is 0. The van der Waals surface area contributed by atoms with Crippen molar-refractivity contribution in [2.45, 2.75) is 44.9 Å². The van der Waals surface area contributed by atoms with Gasteiger partial charge in [-0.15, -0.1) is 0 Å². The van der Waals surface area contributed by atoms with Gasteiger partial charge in [0.05, 0.1) is 5.56 Å². The van der Waals surface area contributed by atoms with Crippen LogP contribution in [0.2, 0.25) is 0 Å². The lowest BCUT2D eigenvalue weighted by molar-refractivity contribution is 0.319. The second kappa shape index (κ2) is 7.72. The Hall–Kier alpha value is -2.73. The van der Waals surface area contributed by atoms with E-state index in [1.54, 1.807) is 18.2 Å². The van der Waals surface area contributed by atoms with E-state index in [9.17, 15) is 4.39 Å². The summed E-state index contributed by atoms with van der Waals surface area (Å²) in [6.07, 6.45) is 6.21. The highest BCUT2D eigenvalue weighted by Crippen LogP contribution is 2.38. The fourth-order valence-electron chi connectivity index (χ4n) is 4.46. The van der Waals surface area contributed by atoms with Crippen LogP contribution in [0.5, 0.6) is 0 Å². The van der Waals surface area contributed by atoms with Gasteiger partial charge in [0.1, 0.15) is 17.7 Å². The molecule has 142 valence electrons. The molecule has 1 aliphatic carbocycles. The lowest BCUT2D eigenvalue weighted by atomic mass is 9.77. The molecule has 1 nitrogen and oxygen atoms in total. The average molecular weight is 375 g/mol. The molecule has 0 spiro atoms. The van der Waals surface area contributed by atoms with Gasteiger partial charge in [-0.3, -0.25) is 0 Å². The maximum absolute atomic E-state index is 15.2. The van der Waals surface area contributed by atoms with Crippen LogP contribution in [0.3, 0.4) is 0 Å². The van der Waals surface area contributed by atoms with E-state index in [1.807, 2.05) is 18.2 Å². The normalized spacial score (nSPS) is 19.5. The number of halogens is 2. The third kappa shape index (κ3) is 3.40. The van der Waals surface area contributed by atoms with Crippen LogP contribution in [0.15, 0.2) is 48.5 Å². The monoisotopic (exact) mass is 375 g/mol. The topological polar surface area (TPSA) is 23.8 Å². The van der Waals surface area contributed by atoms with Crippen LogP contribution < -0.4 is 0 Å². The maximum Gasteiger partial charge on any atom is 0.141 e. The molecule has 3 aromatic carbocycles. The highest BCUT2D eigenvalue weighted by molar-refractivity contribution is 5.89. The predicted molar refractivity (Wildman–Crippen MR) is 109 cm³/mol. The van der Waals surface area contributed by atoms with Crippen LogP contribution in [0.1, 0.15) is 56.1 Å². The van der Waals surface area contributed by atoms with E-state index in [1.165, 1.54) is 49.8 Å². The average Bonchev–Trinajstić information content (AvgIpc) is 2.74. The molecule has 4 rings (SSSR count). The Morgan fingerprint density at radius 2 is 1.75 bits per heavy atom. The first kappa shape index (κ1) is 18.6. The van der Waals surface area contributed by atoms with Gasteiger partial charge in [-0.2, -0.15) is 5.26 Å². The van der Waals surface area contributed by atoms with Gasteiger partial charge in [0.2, 0.25) is 0 Å². The van der Waals surface area contributed by atoms with Crippen molar-refractivity contribution in [2.24, 2.45) is 5.92 Å². The molecule has 0 unspecified atom stereocenters. The minimum atomic E-state index is -0.627. The Morgan fingerprint density at radius 3 is 2.43 bits per heavy atom. The van der Waals surface area contributed by atoms with E-state index in [-0.39, 0.29) is 11.4 Å². The van der Waals surface area contributed by atoms with Gasteiger partial charge in [0.25, 0.3) is 0 Å². The standard InChI is InChI=1S/C25H23F2N/c1-2-16-3-5-17(6-4-16)18-9-11-22-19(13-18)10-12-23(25(22)27)20-7-8-21(15-28)24(26)14-20/h7-14,16-17H,2-6H2,1H3. The lowest BCUT2D eigenvalue weighted by Crippen LogP contribution is -2.12. The summed E-state index contributed by atoms with van der Waals surface area (Å²) in [6.45, 7) is 2.26. The molecule has 0 aromatic heterocycles. The molecule has 0 heterocycles. The Bertz CT molecular complexity index is 1060. The smallest absolute Gasteiger partial charge is 0.141 e. The van der Waals surface area contributed by atoms with Gasteiger partial charge in [0, 0.05) is 10.9 Å². The van der Waals surface area contributed by atoms with E-state index < -0.39 is 5.82 Å². The van der Waals surface area contributed by atoms with Crippen LogP contribution >= 0.6 is 0 Å². The summed E-state index contributed by atoms with van der Waals surface area (Å²) in [5.74, 6) is 0.437. The summed E-state index contributed by atoms with van der Waals surface area (Å²) in [7, 11) is 0. The highest BCUT2D eigenvalue weighted by Gasteiger charge is 2.22. The quantitative estimate of drug-likeness (QED) is 0.470. The Kier molecular flexibility index (Phi) is 5.13.